The molecule has 3 rings (SSSR count). The van der Waals surface area contributed by atoms with Gasteiger partial charge in [0.15, 0.2) is 0 Å². The van der Waals surface area contributed by atoms with Crippen molar-refractivity contribution in [1.82, 2.24) is 5.32 Å². The van der Waals surface area contributed by atoms with Gasteiger partial charge in [-0.3, -0.25) is 9.59 Å². The van der Waals surface area contributed by atoms with E-state index in [-0.39, 0.29) is 30.2 Å². The molecule has 9 heteroatoms. The van der Waals surface area contributed by atoms with Crippen LogP contribution < -0.4 is 10.1 Å². The fourth-order valence-corrected chi connectivity index (χ4v) is 4.72. The van der Waals surface area contributed by atoms with Crippen LogP contribution in [0.4, 0.5) is 0 Å². The first kappa shape index (κ1) is 30.1. The molecule has 1 aromatic rings. The Morgan fingerprint density at radius 2 is 1.95 bits per heavy atom. The molecule has 212 valence electrons. The summed E-state index contributed by atoms with van der Waals surface area (Å²) >= 11 is 0. The number of cyclic esters (lactones) is 1. The van der Waals surface area contributed by atoms with Gasteiger partial charge in [0.25, 0.3) is 0 Å². The molecule has 0 aromatic heterocycles. The predicted molar refractivity (Wildman–Crippen MR) is 145 cm³/mol. The second-order valence-electron chi connectivity index (χ2n) is 10.2. The number of benzene rings is 1. The topological polar surface area (TPSA) is 120 Å². The van der Waals surface area contributed by atoms with Crippen LogP contribution in [0.15, 0.2) is 54.8 Å². The molecule has 0 unspecified atom stereocenters. The van der Waals surface area contributed by atoms with Crippen molar-refractivity contribution in [2.24, 2.45) is 0 Å². The van der Waals surface area contributed by atoms with Gasteiger partial charge in [-0.2, -0.15) is 0 Å². The number of esters is 2. The summed E-state index contributed by atoms with van der Waals surface area (Å²) in [5.41, 5.74) is 1.09. The lowest BCUT2D eigenvalue weighted by Crippen LogP contribution is -2.41. The minimum Gasteiger partial charge on any atom is -0.462 e. The number of hydrogen-bond acceptors (Lipinski definition) is 8. The van der Waals surface area contributed by atoms with E-state index in [1.807, 2.05) is 25.1 Å². The van der Waals surface area contributed by atoms with Gasteiger partial charge in [0, 0.05) is 45.9 Å². The van der Waals surface area contributed by atoms with Gasteiger partial charge < -0.3 is 29.4 Å². The van der Waals surface area contributed by atoms with Gasteiger partial charge in [-0.25, -0.2) is 4.79 Å². The summed E-state index contributed by atoms with van der Waals surface area (Å²) in [6, 6.07) is 5.39. The highest BCUT2D eigenvalue weighted by atomic mass is 16.7. The van der Waals surface area contributed by atoms with Crippen LogP contribution in [0.1, 0.15) is 75.7 Å². The van der Waals surface area contributed by atoms with Crippen LogP contribution >= 0.6 is 0 Å². The lowest BCUT2D eigenvalue weighted by atomic mass is 9.91. The number of amides is 1. The Morgan fingerprint density at radius 3 is 2.69 bits per heavy atom. The van der Waals surface area contributed by atoms with E-state index in [1.54, 1.807) is 38.1 Å². The minimum atomic E-state index is -1.05. The molecule has 1 amide bonds. The van der Waals surface area contributed by atoms with Crippen molar-refractivity contribution < 1.29 is 38.4 Å². The van der Waals surface area contributed by atoms with Crippen molar-refractivity contribution >= 4 is 17.8 Å². The Balaban J connectivity index is 1.60. The van der Waals surface area contributed by atoms with E-state index < -0.39 is 17.9 Å². The summed E-state index contributed by atoms with van der Waals surface area (Å²) in [5.74, 6) is -1.69. The van der Waals surface area contributed by atoms with E-state index in [9.17, 15) is 19.5 Å². The van der Waals surface area contributed by atoms with Crippen molar-refractivity contribution in [2.45, 2.75) is 96.4 Å². The molecular formula is C30H39NO8. The second kappa shape index (κ2) is 14.1. The highest BCUT2D eigenvalue weighted by Gasteiger charge is 2.37. The number of ether oxygens (including phenoxy) is 4. The summed E-state index contributed by atoms with van der Waals surface area (Å²) in [6.45, 7) is 6.73. The summed E-state index contributed by atoms with van der Waals surface area (Å²) in [4.78, 5) is 36.2. The molecule has 1 saturated heterocycles. The SMILES string of the molecule is CC/C=C/C=C/C(=O)N/C=C/C[C@H](O)C[C@H]1C[C@H](OC(C)=O)C[C@H](Cc2cccc3c2C(=O)OC(C)(C)O3)O1. The molecule has 0 radical (unpaired) electrons. The van der Waals surface area contributed by atoms with E-state index in [0.29, 0.717) is 43.4 Å². The summed E-state index contributed by atoms with van der Waals surface area (Å²) < 4.78 is 23.1. The minimum absolute atomic E-state index is 0.259. The molecule has 1 fully saturated rings. The second-order valence-corrected chi connectivity index (χ2v) is 10.2. The van der Waals surface area contributed by atoms with Gasteiger partial charge in [-0.05, 0) is 37.3 Å². The van der Waals surface area contributed by atoms with Gasteiger partial charge in [0.2, 0.25) is 11.7 Å². The van der Waals surface area contributed by atoms with Gasteiger partial charge in [-0.15, -0.1) is 0 Å². The molecule has 4 atom stereocenters. The van der Waals surface area contributed by atoms with E-state index >= 15 is 0 Å². The largest absolute Gasteiger partial charge is 0.462 e. The molecule has 2 N–H and O–H groups in total. The molecule has 2 aliphatic heterocycles. The number of rotatable bonds is 11. The third-order valence-electron chi connectivity index (χ3n) is 6.24. The maximum absolute atomic E-state index is 12.7. The summed E-state index contributed by atoms with van der Waals surface area (Å²) in [5, 5.41) is 13.2. The zero-order valence-electron chi connectivity index (χ0n) is 23.1. The molecule has 0 aliphatic carbocycles. The average molecular weight is 542 g/mol. The summed E-state index contributed by atoms with van der Waals surface area (Å²) in [7, 11) is 0. The van der Waals surface area contributed by atoms with E-state index in [0.717, 1.165) is 12.0 Å². The molecule has 2 aliphatic rings. The predicted octanol–water partition coefficient (Wildman–Crippen LogP) is 4.29. The highest BCUT2D eigenvalue weighted by molar-refractivity contribution is 5.95. The number of nitrogens with one attached hydrogen (secondary N) is 1. The first-order valence-electron chi connectivity index (χ1n) is 13.4. The smallest absolute Gasteiger partial charge is 0.345 e. The zero-order valence-corrected chi connectivity index (χ0v) is 23.1. The number of allylic oxidation sites excluding steroid dienone is 3. The van der Waals surface area contributed by atoms with Crippen LogP contribution in [0.2, 0.25) is 0 Å². The lowest BCUT2D eigenvalue weighted by Gasteiger charge is -2.37. The van der Waals surface area contributed by atoms with Crippen molar-refractivity contribution in [3.8, 4) is 5.75 Å². The number of carbonyl (C=O) groups is 3. The standard InChI is InChI=1S/C30H39NO8/c1-5-6-7-8-14-27(34)31-15-10-12-22(33)17-24-19-25(36-20(2)32)18-23(37-24)16-21-11-9-13-26-28(21)29(35)39-30(3,4)38-26/h6-11,13-15,22-25,33H,5,12,16-19H2,1-4H3,(H,31,34)/b7-6+,14-8+,15-10+/t22-,23-,24-,25+/m0/s1. The lowest BCUT2D eigenvalue weighted by molar-refractivity contribution is -0.161. The fraction of sp³-hybridized carbons (Fsp3) is 0.500. The van der Waals surface area contributed by atoms with Crippen molar-refractivity contribution in [1.29, 1.82) is 0 Å². The highest BCUT2D eigenvalue weighted by Crippen LogP contribution is 2.35. The van der Waals surface area contributed by atoms with Crippen LogP contribution in [-0.2, 0) is 30.2 Å². The molecule has 9 nitrogen and oxygen atoms in total. The number of carbonyl (C=O) groups excluding carboxylic acids is 3. The number of aliphatic hydroxyl groups excluding tert-OH is 1. The maximum Gasteiger partial charge on any atom is 0.345 e. The summed E-state index contributed by atoms with van der Waals surface area (Å²) in [6.07, 6.45) is 11.1. The molecule has 2 heterocycles. The Kier molecular flexibility index (Phi) is 10.9. The third kappa shape index (κ3) is 9.67. The number of fused-ring (bicyclic) bond motifs is 1. The van der Waals surface area contributed by atoms with E-state index in [1.165, 1.54) is 19.2 Å². The number of aliphatic hydroxyl groups is 1. The van der Waals surface area contributed by atoms with Crippen LogP contribution in [0.3, 0.4) is 0 Å². The molecular weight excluding hydrogens is 502 g/mol. The average Bonchev–Trinajstić information content (AvgIpc) is 2.83. The van der Waals surface area contributed by atoms with Crippen molar-refractivity contribution in [3.63, 3.8) is 0 Å². The third-order valence-corrected chi connectivity index (χ3v) is 6.24. The van der Waals surface area contributed by atoms with Gasteiger partial charge >= 0.3 is 11.9 Å². The Labute approximate surface area is 229 Å². The van der Waals surface area contributed by atoms with Gasteiger partial charge in [0.1, 0.15) is 17.4 Å². The first-order valence-corrected chi connectivity index (χ1v) is 13.4. The molecule has 0 spiro atoms. The normalized spacial score (nSPS) is 23.3. The molecule has 0 saturated carbocycles. The maximum atomic E-state index is 12.7. The van der Waals surface area contributed by atoms with Crippen LogP contribution in [0, 0.1) is 0 Å². The zero-order chi connectivity index (χ0) is 28.4. The first-order chi connectivity index (χ1) is 18.6. The van der Waals surface area contributed by atoms with Crippen LogP contribution in [0.5, 0.6) is 5.75 Å². The molecule has 39 heavy (non-hydrogen) atoms. The number of hydrogen-bond donors (Lipinski definition) is 2. The van der Waals surface area contributed by atoms with Crippen LogP contribution in [-0.4, -0.2) is 53.2 Å². The molecule has 1 aromatic carbocycles. The Bertz CT molecular complexity index is 1110. The monoisotopic (exact) mass is 541 g/mol. The van der Waals surface area contributed by atoms with E-state index in [2.05, 4.69) is 5.32 Å². The van der Waals surface area contributed by atoms with Gasteiger partial charge in [-0.1, -0.05) is 43.4 Å². The van der Waals surface area contributed by atoms with Crippen LogP contribution in [0.25, 0.3) is 0 Å². The Hall–Kier alpha value is -3.43. The van der Waals surface area contributed by atoms with Crippen molar-refractivity contribution in [3.05, 3.63) is 65.9 Å². The fourth-order valence-electron chi connectivity index (χ4n) is 4.72. The van der Waals surface area contributed by atoms with E-state index in [4.69, 9.17) is 18.9 Å². The van der Waals surface area contributed by atoms with Gasteiger partial charge in [0.05, 0.1) is 18.3 Å². The van der Waals surface area contributed by atoms with Crippen molar-refractivity contribution in [2.75, 3.05) is 0 Å². The molecule has 0 bridgehead atoms. The quantitative estimate of drug-likeness (QED) is 0.242. The Morgan fingerprint density at radius 1 is 1.18 bits per heavy atom.